The highest BCUT2D eigenvalue weighted by Gasteiger charge is 2.30. The fourth-order valence-electron chi connectivity index (χ4n) is 3.21. The molecule has 0 spiro atoms. The van der Waals surface area contributed by atoms with E-state index in [0.717, 1.165) is 38.8 Å². The Kier molecular flexibility index (Phi) is 5.61. The van der Waals surface area contributed by atoms with Crippen molar-refractivity contribution in [2.45, 2.75) is 45.6 Å². The molecule has 1 saturated heterocycles. The van der Waals surface area contributed by atoms with Crippen LogP contribution in [0, 0.1) is 11.8 Å². The number of carbonyl (C=O) groups excluding carboxylic acids is 1. The van der Waals surface area contributed by atoms with Crippen LogP contribution in [0.25, 0.3) is 0 Å². The molecular formula is C16H26N2OS. The highest BCUT2D eigenvalue weighted by Crippen LogP contribution is 2.24. The van der Waals surface area contributed by atoms with E-state index in [4.69, 9.17) is 5.73 Å². The largest absolute Gasteiger partial charge is 0.341 e. The summed E-state index contributed by atoms with van der Waals surface area (Å²) in [7, 11) is 0. The van der Waals surface area contributed by atoms with Crippen molar-refractivity contribution in [3.63, 3.8) is 0 Å². The highest BCUT2D eigenvalue weighted by atomic mass is 32.1. The van der Waals surface area contributed by atoms with E-state index in [1.165, 1.54) is 5.56 Å². The zero-order valence-corrected chi connectivity index (χ0v) is 13.4. The summed E-state index contributed by atoms with van der Waals surface area (Å²) in [6.07, 6.45) is 3.93. The molecule has 1 fully saturated rings. The fourth-order valence-corrected chi connectivity index (χ4v) is 3.89. The van der Waals surface area contributed by atoms with E-state index in [-0.39, 0.29) is 12.0 Å². The molecule has 112 valence electrons. The van der Waals surface area contributed by atoms with Crippen LogP contribution < -0.4 is 5.73 Å². The van der Waals surface area contributed by atoms with Crippen molar-refractivity contribution in [3.05, 3.63) is 22.4 Å². The maximum absolute atomic E-state index is 12.5. The van der Waals surface area contributed by atoms with E-state index >= 15 is 0 Å². The minimum absolute atomic E-state index is 0.130. The Morgan fingerprint density at radius 2 is 2.20 bits per heavy atom. The summed E-state index contributed by atoms with van der Waals surface area (Å²) in [6, 6.07) is 2.31. The summed E-state index contributed by atoms with van der Waals surface area (Å²) in [6.45, 7) is 5.80. The summed E-state index contributed by atoms with van der Waals surface area (Å²) in [5, 5.41) is 4.32. The Balaban J connectivity index is 1.98. The molecule has 1 amide bonds. The standard InChI is InChI=1S/C16H26N2OS/c1-3-14(4-2)16(19)18-9-13(8-15(17)10-18)7-12-5-6-20-11-12/h5-6,11,13-15H,3-4,7-10,17H2,1-2H3. The number of thiophene rings is 1. The molecule has 0 saturated carbocycles. The van der Waals surface area contributed by atoms with Gasteiger partial charge in [-0.15, -0.1) is 0 Å². The van der Waals surface area contributed by atoms with Gasteiger partial charge < -0.3 is 10.6 Å². The Labute approximate surface area is 126 Å². The van der Waals surface area contributed by atoms with Crippen LogP contribution in [-0.2, 0) is 11.2 Å². The minimum Gasteiger partial charge on any atom is -0.341 e. The van der Waals surface area contributed by atoms with Crippen molar-refractivity contribution in [1.82, 2.24) is 4.90 Å². The van der Waals surface area contributed by atoms with Crippen LogP contribution >= 0.6 is 11.3 Å². The Hall–Kier alpha value is -0.870. The molecule has 2 unspecified atom stereocenters. The molecule has 3 nitrogen and oxygen atoms in total. The van der Waals surface area contributed by atoms with E-state index in [2.05, 4.69) is 30.7 Å². The predicted molar refractivity (Wildman–Crippen MR) is 84.8 cm³/mol. The van der Waals surface area contributed by atoms with Gasteiger partial charge in [-0.05, 0) is 54.0 Å². The molecule has 1 aliphatic heterocycles. The van der Waals surface area contributed by atoms with Crippen LogP contribution in [0.1, 0.15) is 38.7 Å². The quantitative estimate of drug-likeness (QED) is 0.907. The normalized spacial score (nSPS) is 23.3. The van der Waals surface area contributed by atoms with Gasteiger partial charge in [0.15, 0.2) is 0 Å². The van der Waals surface area contributed by atoms with Crippen LogP contribution in [0.2, 0.25) is 0 Å². The van der Waals surface area contributed by atoms with Crippen molar-refractivity contribution in [1.29, 1.82) is 0 Å². The second-order valence-corrected chi connectivity index (χ2v) is 6.73. The average Bonchev–Trinajstić information content (AvgIpc) is 2.92. The smallest absolute Gasteiger partial charge is 0.225 e. The lowest BCUT2D eigenvalue weighted by Gasteiger charge is -2.38. The van der Waals surface area contributed by atoms with E-state index in [9.17, 15) is 4.79 Å². The molecule has 0 aliphatic carbocycles. The lowest BCUT2D eigenvalue weighted by atomic mass is 9.88. The highest BCUT2D eigenvalue weighted by molar-refractivity contribution is 7.07. The van der Waals surface area contributed by atoms with Gasteiger partial charge in [0.05, 0.1) is 0 Å². The first-order valence-electron chi connectivity index (χ1n) is 7.69. The van der Waals surface area contributed by atoms with E-state index in [1.54, 1.807) is 11.3 Å². The second-order valence-electron chi connectivity index (χ2n) is 5.95. The number of nitrogens with zero attached hydrogens (tertiary/aromatic N) is 1. The fraction of sp³-hybridized carbons (Fsp3) is 0.688. The van der Waals surface area contributed by atoms with Crippen molar-refractivity contribution >= 4 is 17.2 Å². The van der Waals surface area contributed by atoms with Crippen molar-refractivity contribution in [2.24, 2.45) is 17.6 Å². The molecule has 2 heterocycles. The van der Waals surface area contributed by atoms with Crippen molar-refractivity contribution in [3.8, 4) is 0 Å². The topological polar surface area (TPSA) is 46.3 Å². The van der Waals surface area contributed by atoms with Gasteiger partial charge in [-0.3, -0.25) is 4.79 Å². The monoisotopic (exact) mass is 294 g/mol. The third-order valence-electron chi connectivity index (χ3n) is 4.32. The van der Waals surface area contributed by atoms with Crippen LogP contribution in [0.4, 0.5) is 0 Å². The van der Waals surface area contributed by atoms with E-state index < -0.39 is 0 Å². The Morgan fingerprint density at radius 1 is 1.45 bits per heavy atom. The van der Waals surface area contributed by atoms with Gasteiger partial charge in [-0.1, -0.05) is 13.8 Å². The van der Waals surface area contributed by atoms with Crippen LogP contribution in [0.3, 0.4) is 0 Å². The summed E-state index contributed by atoms with van der Waals surface area (Å²) >= 11 is 1.74. The number of piperidine rings is 1. The maximum Gasteiger partial charge on any atom is 0.225 e. The van der Waals surface area contributed by atoms with Crippen LogP contribution in [0.15, 0.2) is 16.8 Å². The second kappa shape index (κ2) is 7.23. The van der Waals surface area contributed by atoms with Gasteiger partial charge >= 0.3 is 0 Å². The first kappa shape index (κ1) is 15.5. The Bertz CT molecular complexity index is 414. The lowest BCUT2D eigenvalue weighted by Crippen LogP contribution is -2.51. The summed E-state index contributed by atoms with van der Waals surface area (Å²) in [5.74, 6) is 0.981. The first-order valence-corrected chi connectivity index (χ1v) is 8.63. The van der Waals surface area contributed by atoms with E-state index in [0.29, 0.717) is 11.8 Å². The van der Waals surface area contributed by atoms with E-state index in [1.807, 2.05) is 4.90 Å². The third kappa shape index (κ3) is 3.83. The number of amides is 1. The number of nitrogens with two attached hydrogens (primary N) is 1. The lowest BCUT2D eigenvalue weighted by molar-refractivity contribution is -0.138. The van der Waals surface area contributed by atoms with Crippen molar-refractivity contribution in [2.75, 3.05) is 13.1 Å². The van der Waals surface area contributed by atoms with Gasteiger partial charge in [-0.2, -0.15) is 11.3 Å². The van der Waals surface area contributed by atoms with Gasteiger partial charge in [0, 0.05) is 25.0 Å². The van der Waals surface area contributed by atoms with Gasteiger partial charge in [0.1, 0.15) is 0 Å². The molecule has 0 radical (unpaired) electrons. The number of likely N-dealkylation sites (tertiary alicyclic amines) is 1. The molecule has 20 heavy (non-hydrogen) atoms. The molecular weight excluding hydrogens is 268 g/mol. The molecule has 1 aromatic heterocycles. The van der Waals surface area contributed by atoms with Gasteiger partial charge in [-0.25, -0.2) is 0 Å². The molecule has 2 N–H and O–H groups in total. The van der Waals surface area contributed by atoms with Crippen molar-refractivity contribution < 1.29 is 4.79 Å². The average molecular weight is 294 g/mol. The molecule has 0 aromatic carbocycles. The Morgan fingerprint density at radius 3 is 2.80 bits per heavy atom. The first-order chi connectivity index (χ1) is 9.63. The SMILES string of the molecule is CCC(CC)C(=O)N1CC(N)CC(Cc2ccsc2)C1. The number of carbonyl (C=O) groups is 1. The molecule has 1 aliphatic rings. The number of hydrogen-bond donors (Lipinski definition) is 1. The number of hydrogen-bond acceptors (Lipinski definition) is 3. The summed E-state index contributed by atoms with van der Waals surface area (Å²) in [5.41, 5.74) is 7.55. The molecule has 2 rings (SSSR count). The molecule has 1 aromatic rings. The predicted octanol–water partition coefficient (Wildman–Crippen LogP) is 2.90. The van der Waals surface area contributed by atoms with Gasteiger partial charge in [0.2, 0.25) is 5.91 Å². The van der Waals surface area contributed by atoms with Gasteiger partial charge in [0.25, 0.3) is 0 Å². The maximum atomic E-state index is 12.5. The van der Waals surface area contributed by atoms with Crippen LogP contribution in [-0.4, -0.2) is 29.9 Å². The minimum atomic E-state index is 0.130. The molecule has 2 atom stereocenters. The molecule has 0 bridgehead atoms. The zero-order chi connectivity index (χ0) is 14.5. The van der Waals surface area contributed by atoms with Crippen LogP contribution in [0.5, 0.6) is 0 Å². The zero-order valence-electron chi connectivity index (χ0n) is 12.5. The number of rotatable bonds is 5. The third-order valence-corrected chi connectivity index (χ3v) is 5.05. The molecule has 4 heteroatoms. The summed E-state index contributed by atoms with van der Waals surface area (Å²) < 4.78 is 0. The summed E-state index contributed by atoms with van der Waals surface area (Å²) in [4.78, 5) is 14.5.